The number of cyclic esters (lactones) is 1. The Labute approximate surface area is 166 Å². The Kier molecular flexibility index (Phi) is 6.17. The Morgan fingerprint density at radius 2 is 2.00 bits per heavy atom. The monoisotopic (exact) mass is 383 g/mol. The molecule has 0 radical (unpaired) electrons. The molecule has 2 unspecified atom stereocenters. The Bertz CT molecular complexity index is 769. The summed E-state index contributed by atoms with van der Waals surface area (Å²) in [6.07, 6.45) is 4.05. The molecular weight excluding hydrogens is 354 g/mol. The first-order valence-electron chi connectivity index (χ1n) is 10.0. The number of aromatic amines is 1. The summed E-state index contributed by atoms with van der Waals surface area (Å²) >= 11 is 0. The van der Waals surface area contributed by atoms with Gasteiger partial charge in [0.2, 0.25) is 0 Å². The molecule has 2 heterocycles. The van der Waals surface area contributed by atoms with Crippen molar-refractivity contribution in [3.05, 3.63) is 48.3 Å². The fourth-order valence-electron chi connectivity index (χ4n) is 3.90. The lowest BCUT2D eigenvalue weighted by molar-refractivity contribution is -0.179. The number of nitrogens with one attached hydrogen (secondary N) is 1. The van der Waals surface area contributed by atoms with Gasteiger partial charge in [0, 0.05) is 30.5 Å². The number of benzene rings is 1. The summed E-state index contributed by atoms with van der Waals surface area (Å²) < 4.78 is 6.03. The molecular formula is C22H29N3O3. The zero-order valence-electron chi connectivity index (χ0n) is 16.9. The molecule has 0 saturated carbocycles. The van der Waals surface area contributed by atoms with Gasteiger partial charge in [-0.2, -0.15) is 5.10 Å². The van der Waals surface area contributed by atoms with Crippen LogP contribution < -0.4 is 4.90 Å². The van der Waals surface area contributed by atoms with Crippen molar-refractivity contribution < 1.29 is 14.3 Å². The van der Waals surface area contributed by atoms with Crippen molar-refractivity contribution in [2.75, 3.05) is 11.4 Å². The number of ether oxygens (including phenoxy) is 1. The van der Waals surface area contributed by atoms with E-state index in [4.69, 9.17) is 4.74 Å². The van der Waals surface area contributed by atoms with Crippen LogP contribution in [-0.2, 0) is 20.7 Å². The molecule has 6 heteroatoms. The second-order valence-electron chi connectivity index (χ2n) is 7.80. The smallest absolute Gasteiger partial charge is 0.337 e. The summed E-state index contributed by atoms with van der Waals surface area (Å²) in [6.45, 7) is 6.68. The summed E-state index contributed by atoms with van der Waals surface area (Å²) in [5, 5.41) is 6.90. The van der Waals surface area contributed by atoms with E-state index in [0.717, 1.165) is 17.8 Å². The molecule has 1 aromatic heterocycles. The average molecular weight is 383 g/mol. The van der Waals surface area contributed by atoms with Gasteiger partial charge in [-0.25, -0.2) is 4.79 Å². The van der Waals surface area contributed by atoms with Gasteiger partial charge in [0.15, 0.2) is 11.8 Å². The van der Waals surface area contributed by atoms with Crippen molar-refractivity contribution >= 4 is 17.4 Å². The standard InChI is InChI=1S/C22H29N3O3/c1-4-14-25(18-8-6-5-7-9-18)20-19(26)15-22(16(2)3,28-21(20)27)12-10-17-11-13-23-24-17/h5-9,11,13,16,20H,4,10,12,14-15H2,1-3H3,(H,23,24). The van der Waals surface area contributed by atoms with Gasteiger partial charge < -0.3 is 9.64 Å². The molecule has 2 aromatic rings. The van der Waals surface area contributed by atoms with Gasteiger partial charge in [0.05, 0.1) is 0 Å². The minimum Gasteiger partial charge on any atom is -0.456 e. The highest BCUT2D eigenvalue weighted by molar-refractivity contribution is 6.08. The number of carbonyl (C=O) groups is 2. The van der Waals surface area contributed by atoms with E-state index >= 15 is 0 Å². The summed E-state index contributed by atoms with van der Waals surface area (Å²) in [4.78, 5) is 28.2. The van der Waals surface area contributed by atoms with Crippen LogP contribution in [0, 0.1) is 5.92 Å². The number of aromatic nitrogens is 2. The molecule has 2 atom stereocenters. The van der Waals surface area contributed by atoms with Crippen LogP contribution in [0.1, 0.15) is 45.7 Å². The van der Waals surface area contributed by atoms with E-state index in [1.54, 1.807) is 6.20 Å². The third-order valence-corrected chi connectivity index (χ3v) is 5.60. The number of hydrogen-bond donors (Lipinski definition) is 1. The highest BCUT2D eigenvalue weighted by Crippen LogP contribution is 2.37. The van der Waals surface area contributed by atoms with Crippen LogP contribution in [0.2, 0.25) is 0 Å². The van der Waals surface area contributed by atoms with Crippen molar-refractivity contribution in [2.24, 2.45) is 5.92 Å². The summed E-state index contributed by atoms with van der Waals surface area (Å²) in [5.74, 6) is -0.459. The number of H-pyrrole nitrogens is 1. The van der Waals surface area contributed by atoms with E-state index in [1.165, 1.54) is 0 Å². The minimum absolute atomic E-state index is 0.0422. The maximum Gasteiger partial charge on any atom is 0.337 e. The fourth-order valence-corrected chi connectivity index (χ4v) is 3.90. The normalized spacial score (nSPS) is 22.4. The van der Waals surface area contributed by atoms with Gasteiger partial charge in [-0.1, -0.05) is 39.0 Å². The third-order valence-electron chi connectivity index (χ3n) is 5.60. The fraction of sp³-hybridized carbons (Fsp3) is 0.500. The molecule has 6 nitrogen and oxygen atoms in total. The van der Waals surface area contributed by atoms with Gasteiger partial charge in [0.25, 0.3) is 0 Å². The second kappa shape index (κ2) is 8.59. The SMILES string of the molecule is CCCN(c1ccccc1)C1C(=O)CC(CCc2ccn[nH]2)(C(C)C)OC1=O. The van der Waals surface area contributed by atoms with Crippen molar-refractivity contribution in [2.45, 2.75) is 58.1 Å². The zero-order chi connectivity index (χ0) is 20.1. The highest BCUT2D eigenvalue weighted by Gasteiger charge is 2.50. The van der Waals surface area contributed by atoms with Crippen LogP contribution >= 0.6 is 0 Å². The number of Topliss-reactive ketones (excluding diaryl/α,β-unsaturated/α-hetero) is 1. The van der Waals surface area contributed by atoms with E-state index < -0.39 is 17.6 Å². The van der Waals surface area contributed by atoms with Crippen LogP contribution in [0.3, 0.4) is 0 Å². The topological polar surface area (TPSA) is 75.3 Å². The second-order valence-corrected chi connectivity index (χ2v) is 7.80. The van der Waals surface area contributed by atoms with E-state index in [2.05, 4.69) is 10.2 Å². The summed E-state index contributed by atoms with van der Waals surface area (Å²) in [5.41, 5.74) is 1.07. The number of aryl methyl sites for hydroxylation is 1. The predicted octanol–water partition coefficient (Wildman–Crippen LogP) is 3.54. The molecule has 1 saturated heterocycles. The van der Waals surface area contributed by atoms with E-state index in [1.807, 2.05) is 62.1 Å². The van der Waals surface area contributed by atoms with E-state index in [-0.39, 0.29) is 18.1 Å². The lowest BCUT2D eigenvalue weighted by Gasteiger charge is -2.44. The molecule has 28 heavy (non-hydrogen) atoms. The quantitative estimate of drug-likeness (QED) is 0.557. The molecule has 1 fully saturated rings. The molecule has 1 aliphatic rings. The van der Waals surface area contributed by atoms with Crippen LogP contribution in [0.4, 0.5) is 5.69 Å². The average Bonchev–Trinajstić information content (AvgIpc) is 3.19. The van der Waals surface area contributed by atoms with Gasteiger partial charge in [-0.05, 0) is 43.4 Å². The highest BCUT2D eigenvalue weighted by atomic mass is 16.6. The van der Waals surface area contributed by atoms with Crippen molar-refractivity contribution in [1.82, 2.24) is 10.2 Å². The van der Waals surface area contributed by atoms with Crippen molar-refractivity contribution in [3.8, 4) is 0 Å². The number of carbonyl (C=O) groups excluding carboxylic acids is 2. The predicted molar refractivity (Wildman–Crippen MR) is 108 cm³/mol. The van der Waals surface area contributed by atoms with Gasteiger partial charge in [-0.3, -0.25) is 9.89 Å². The lowest BCUT2D eigenvalue weighted by atomic mass is 9.78. The Hall–Kier alpha value is -2.63. The molecule has 1 aromatic carbocycles. The molecule has 1 N–H and O–H groups in total. The summed E-state index contributed by atoms with van der Waals surface area (Å²) in [6, 6.07) is 10.6. The van der Waals surface area contributed by atoms with Crippen LogP contribution in [0.25, 0.3) is 0 Å². The molecule has 0 bridgehead atoms. The van der Waals surface area contributed by atoms with E-state index in [0.29, 0.717) is 19.4 Å². The Morgan fingerprint density at radius 3 is 2.57 bits per heavy atom. The zero-order valence-corrected chi connectivity index (χ0v) is 16.9. The molecule has 0 aliphatic carbocycles. The molecule has 0 amide bonds. The Balaban J connectivity index is 1.82. The number of nitrogens with zero attached hydrogens (tertiary/aromatic N) is 2. The van der Waals surface area contributed by atoms with E-state index in [9.17, 15) is 9.59 Å². The van der Waals surface area contributed by atoms with Crippen LogP contribution in [0.15, 0.2) is 42.6 Å². The first kappa shape index (κ1) is 20.1. The first-order chi connectivity index (χ1) is 13.5. The van der Waals surface area contributed by atoms with Gasteiger partial charge >= 0.3 is 5.97 Å². The minimum atomic E-state index is -0.874. The number of ketones is 1. The van der Waals surface area contributed by atoms with Gasteiger partial charge in [-0.15, -0.1) is 0 Å². The molecule has 150 valence electrons. The Morgan fingerprint density at radius 1 is 1.25 bits per heavy atom. The number of hydrogen-bond acceptors (Lipinski definition) is 5. The molecule has 1 aliphatic heterocycles. The van der Waals surface area contributed by atoms with Gasteiger partial charge in [0.1, 0.15) is 5.60 Å². The number of anilines is 1. The van der Waals surface area contributed by atoms with Crippen LogP contribution in [-0.4, -0.2) is 40.1 Å². The largest absolute Gasteiger partial charge is 0.456 e. The van der Waals surface area contributed by atoms with Crippen molar-refractivity contribution in [1.29, 1.82) is 0 Å². The lowest BCUT2D eigenvalue weighted by Crippen LogP contribution is -2.59. The number of esters is 1. The van der Waals surface area contributed by atoms with Crippen LogP contribution in [0.5, 0.6) is 0 Å². The summed E-state index contributed by atoms with van der Waals surface area (Å²) in [7, 11) is 0. The molecule has 0 spiro atoms. The number of rotatable bonds is 8. The maximum atomic E-state index is 13.2. The first-order valence-corrected chi connectivity index (χ1v) is 10.0. The number of para-hydroxylation sites is 1. The van der Waals surface area contributed by atoms with Crippen molar-refractivity contribution in [3.63, 3.8) is 0 Å². The molecule has 3 rings (SSSR count). The maximum absolute atomic E-state index is 13.2. The third kappa shape index (κ3) is 4.11.